The number of aromatic nitrogens is 2. The molecule has 20 heavy (non-hydrogen) atoms. The van der Waals surface area contributed by atoms with Gasteiger partial charge in [0.2, 0.25) is 0 Å². The van der Waals surface area contributed by atoms with Gasteiger partial charge in [-0.3, -0.25) is 4.90 Å². The number of fused-ring (bicyclic) bond motifs is 1. The molecule has 1 saturated carbocycles. The van der Waals surface area contributed by atoms with Crippen LogP contribution in [-0.2, 0) is 6.54 Å². The number of nitrogens with two attached hydrogens (primary N) is 1. The van der Waals surface area contributed by atoms with Gasteiger partial charge in [0.25, 0.3) is 0 Å². The fourth-order valence-electron chi connectivity index (χ4n) is 3.29. The van der Waals surface area contributed by atoms with E-state index in [1.165, 1.54) is 25.7 Å². The van der Waals surface area contributed by atoms with Crippen molar-refractivity contribution < 1.29 is 0 Å². The Kier molecular flexibility index (Phi) is 3.89. The minimum atomic E-state index is 0.608. The summed E-state index contributed by atoms with van der Waals surface area (Å²) in [5.41, 5.74) is 6.02. The molecular weight excluding hydrogens is 268 g/mol. The molecule has 5 heteroatoms. The van der Waals surface area contributed by atoms with Crippen LogP contribution in [0, 0.1) is 5.92 Å². The van der Waals surface area contributed by atoms with Crippen LogP contribution in [-0.4, -0.2) is 28.0 Å². The number of nitrogens with zero attached hydrogens (tertiary/aromatic N) is 3. The van der Waals surface area contributed by atoms with Gasteiger partial charge in [-0.15, -0.1) is 11.3 Å². The van der Waals surface area contributed by atoms with Crippen molar-refractivity contribution in [2.75, 3.05) is 12.8 Å². The zero-order valence-corrected chi connectivity index (χ0v) is 13.0. The zero-order chi connectivity index (χ0) is 14.1. The average Bonchev–Trinajstić information content (AvgIpc) is 2.88. The van der Waals surface area contributed by atoms with Gasteiger partial charge in [-0.25, -0.2) is 9.97 Å². The Morgan fingerprint density at radius 3 is 2.95 bits per heavy atom. The van der Waals surface area contributed by atoms with Crippen LogP contribution in [0.4, 0.5) is 5.82 Å². The van der Waals surface area contributed by atoms with E-state index in [1.54, 1.807) is 11.3 Å². The van der Waals surface area contributed by atoms with E-state index in [0.29, 0.717) is 11.9 Å². The first-order valence-corrected chi connectivity index (χ1v) is 8.23. The fourth-order valence-corrected chi connectivity index (χ4v) is 4.08. The maximum atomic E-state index is 6.02. The van der Waals surface area contributed by atoms with Crippen molar-refractivity contribution in [2.24, 2.45) is 5.92 Å². The summed E-state index contributed by atoms with van der Waals surface area (Å²) in [5.74, 6) is 2.21. The van der Waals surface area contributed by atoms with Crippen molar-refractivity contribution in [3.63, 3.8) is 0 Å². The Hall–Kier alpha value is -1.20. The molecule has 0 spiro atoms. The molecule has 2 unspecified atom stereocenters. The van der Waals surface area contributed by atoms with Gasteiger partial charge in [-0.2, -0.15) is 0 Å². The van der Waals surface area contributed by atoms with Crippen LogP contribution in [0.2, 0.25) is 0 Å². The van der Waals surface area contributed by atoms with Gasteiger partial charge in [0.1, 0.15) is 16.5 Å². The molecule has 3 rings (SSSR count). The number of thiophene rings is 1. The molecule has 2 aromatic heterocycles. The molecule has 1 fully saturated rings. The lowest BCUT2D eigenvalue weighted by atomic mass is 9.85. The third-order valence-electron chi connectivity index (χ3n) is 4.42. The van der Waals surface area contributed by atoms with Crippen molar-refractivity contribution in [2.45, 2.75) is 45.2 Å². The molecule has 4 nitrogen and oxygen atoms in total. The molecule has 0 aliphatic heterocycles. The summed E-state index contributed by atoms with van der Waals surface area (Å²) in [7, 11) is 2.19. The van der Waals surface area contributed by atoms with Crippen LogP contribution < -0.4 is 5.73 Å². The molecular formula is C15H22N4S. The molecule has 0 amide bonds. The quantitative estimate of drug-likeness (QED) is 0.942. The second kappa shape index (κ2) is 5.66. The van der Waals surface area contributed by atoms with E-state index in [1.807, 2.05) is 11.4 Å². The van der Waals surface area contributed by atoms with Crippen LogP contribution >= 0.6 is 11.3 Å². The molecule has 0 bridgehead atoms. The Balaban J connectivity index is 1.78. The molecule has 0 radical (unpaired) electrons. The van der Waals surface area contributed by atoms with E-state index in [9.17, 15) is 0 Å². The lowest BCUT2D eigenvalue weighted by Crippen LogP contribution is -2.38. The first-order chi connectivity index (χ1) is 9.65. The van der Waals surface area contributed by atoms with Crippen molar-refractivity contribution in [3.8, 4) is 0 Å². The van der Waals surface area contributed by atoms with E-state index in [0.717, 1.165) is 28.5 Å². The third kappa shape index (κ3) is 2.65. The summed E-state index contributed by atoms with van der Waals surface area (Å²) in [5, 5.41) is 3.00. The zero-order valence-electron chi connectivity index (χ0n) is 12.2. The number of hydrogen-bond acceptors (Lipinski definition) is 5. The van der Waals surface area contributed by atoms with Crippen LogP contribution in [0.1, 0.15) is 38.4 Å². The summed E-state index contributed by atoms with van der Waals surface area (Å²) in [6, 6.07) is 2.64. The summed E-state index contributed by atoms with van der Waals surface area (Å²) in [6.45, 7) is 3.14. The predicted octanol–water partition coefficient (Wildman–Crippen LogP) is 3.28. The van der Waals surface area contributed by atoms with Crippen molar-refractivity contribution >= 4 is 27.4 Å². The molecule has 0 aromatic carbocycles. The maximum absolute atomic E-state index is 6.02. The van der Waals surface area contributed by atoms with E-state index in [-0.39, 0.29) is 0 Å². The van der Waals surface area contributed by atoms with Crippen molar-refractivity contribution in [1.82, 2.24) is 14.9 Å². The molecule has 1 aliphatic rings. The Labute approximate surface area is 124 Å². The third-order valence-corrected chi connectivity index (χ3v) is 5.23. The lowest BCUT2D eigenvalue weighted by molar-refractivity contribution is 0.130. The first kappa shape index (κ1) is 13.8. The second-order valence-electron chi connectivity index (χ2n) is 5.91. The molecule has 108 valence electrons. The Morgan fingerprint density at radius 2 is 2.15 bits per heavy atom. The topological polar surface area (TPSA) is 55.0 Å². The molecule has 2 heterocycles. The van der Waals surface area contributed by atoms with Crippen LogP contribution in [0.15, 0.2) is 11.4 Å². The monoisotopic (exact) mass is 290 g/mol. The highest BCUT2D eigenvalue weighted by Gasteiger charge is 2.25. The van der Waals surface area contributed by atoms with Gasteiger partial charge in [-0.1, -0.05) is 19.8 Å². The first-order valence-electron chi connectivity index (χ1n) is 7.35. The van der Waals surface area contributed by atoms with Crippen molar-refractivity contribution in [3.05, 3.63) is 17.3 Å². The van der Waals surface area contributed by atoms with E-state index in [4.69, 9.17) is 5.73 Å². The molecule has 1 aliphatic carbocycles. The van der Waals surface area contributed by atoms with Gasteiger partial charge in [0.15, 0.2) is 0 Å². The maximum Gasteiger partial charge on any atom is 0.146 e. The Morgan fingerprint density at radius 1 is 1.35 bits per heavy atom. The highest BCUT2D eigenvalue weighted by Crippen LogP contribution is 2.28. The van der Waals surface area contributed by atoms with Crippen LogP contribution in [0.5, 0.6) is 0 Å². The summed E-state index contributed by atoms with van der Waals surface area (Å²) < 4.78 is 0. The largest absolute Gasteiger partial charge is 0.383 e. The van der Waals surface area contributed by atoms with Gasteiger partial charge >= 0.3 is 0 Å². The number of nitrogen functional groups attached to an aromatic ring is 1. The minimum absolute atomic E-state index is 0.608. The molecule has 0 saturated heterocycles. The number of rotatable bonds is 3. The standard InChI is InChI=1S/C15H22N4S/c1-10-5-3-4-6-12(10)19(2)9-13-17-14(16)11-7-8-20-15(11)18-13/h7-8,10,12H,3-6,9H2,1-2H3,(H2,16,17,18). The van der Waals surface area contributed by atoms with Gasteiger partial charge in [0.05, 0.1) is 11.9 Å². The normalized spacial score (nSPS) is 23.6. The molecule has 2 N–H and O–H groups in total. The predicted molar refractivity (Wildman–Crippen MR) is 84.7 cm³/mol. The summed E-state index contributed by atoms with van der Waals surface area (Å²) in [6.07, 6.45) is 5.33. The van der Waals surface area contributed by atoms with Crippen molar-refractivity contribution in [1.29, 1.82) is 0 Å². The van der Waals surface area contributed by atoms with E-state index >= 15 is 0 Å². The second-order valence-corrected chi connectivity index (χ2v) is 6.80. The Bertz CT molecular complexity index is 595. The SMILES string of the molecule is CC1CCCCC1N(C)Cc1nc(N)c2ccsc2n1. The summed E-state index contributed by atoms with van der Waals surface area (Å²) in [4.78, 5) is 12.5. The summed E-state index contributed by atoms with van der Waals surface area (Å²) >= 11 is 1.63. The van der Waals surface area contributed by atoms with Gasteiger partial charge in [0, 0.05) is 6.04 Å². The molecule has 2 aromatic rings. The van der Waals surface area contributed by atoms with Crippen LogP contribution in [0.3, 0.4) is 0 Å². The van der Waals surface area contributed by atoms with E-state index < -0.39 is 0 Å². The highest BCUT2D eigenvalue weighted by atomic mass is 32.1. The lowest BCUT2D eigenvalue weighted by Gasteiger charge is -2.35. The molecule has 2 atom stereocenters. The highest BCUT2D eigenvalue weighted by molar-refractivity contribution is 7.16. The van der Waals surface area contributed by atoms with Crippen LogP contribution in [0.25, 0.3) is 10.2 Å². The number of anilines is 1. The number of hydrogen-bond donors (Lipinski definition) is 1. The van der Waals surface area contributed by atoms with E-state index in [2.05, 4.69) is 28.8 Å². The average molecular weight is 290 g/mol. The van der Waals surface area contributed by atoms with Gasteiger partial charge < -0.3 is 5.73 Å². The minimum Gasteiger partial charge on any atom is -0.383 e. The fraction of sp³-hybridized carbons (Fsp3) is 0.600. The smallest absolute Gasteiger partial charge is 0.146 e. The van der Waals surface area contributed by atoms with Gasteiger partial charge in [-0.05, 0) is 37.3 Å².